The van der Waals surface area contributed by atoms with E-state index in [-0.39, 0.29) is 0 Å². The zero-order valence-corrected chi connectivity index (χ0v) is 14.8. The number of halogens is 1. The van der Waals surface area contributed by atoms with Crippen molar-refractivity contribution in [3.05, 3.63) is 83.9 Å². The normalized spacial score (nSPS) is 11.4. The number of hydrogen-bond acceptors (Lipinski definition) is 2. The molecule has 0 radical (unpaired) electrons. The van der Waals surface area contributed by atoms with Crippen molar-refractivity contribution < 1.29 is 0 Å². The second-order valence-corrected chi connectivity index (χ2v) is 7.32. The summed E-state index contributed by atoms with van der Waals surface area (Å²) >= 11 is 7.84. The zero-order chi connectivity index (χ0) is 16.8. The van der Waals surface area contributed by atoms with Crippen LogP contribution in [0.2, 0.25) is 5.02 Å². The van der Waals surface area contributed by atoms with E-state index >= 15 is 0 Å². The Bertz CT molecular complexity index is 1190. The molecule has 5 rings (SSSR count). The summed E-state index contributed by atoms with van der Waals surface area (Å²) in [4.78, 5) is 5.95. The van der Waals surface area contributed by atoms with Crippen LogP contribution in [-0.2, 0) is 0 Å². The minimum absolute atomic E-state index is 0.751. The molecule has 5 aromatic rings. The lowest BCUT2D eigenvalue weighted by atomic mass is 10.0. The van der Waals surface area contributed by atoms with Crippen LogP contribution in [0.15, 0.2) is 78.9 Å². The third kappa shape index (κ3) is 2.36. The van der Waals surface area contributed by atoms with Gasteiger partial charge in [0.05, 0.1) is 21.6 Å². The van der Waals surface area contributed by atoms with E-state index in [1.54, 1.807) is 11.3 Å². The van der Waals surface area contributed by atoms with Crippen LogP contribution in [0.5, 0.6) is 0 Å². The highest BCUT2D eigenvalue weighted by Crippen LogP contribution is 2.38. The Morgan fingerprint density at radius 3 is 2.20 bits per heavy atom. The predicted molar refractivity (Wildman–Crippen MR) is 106 cm³/mol. The molecule has 0 aliphatic heterocycles. The maximum absolute atomic E-state index is 6.17. The molecule has 0 saturated carbocycles. The number of rotatable bonds is 2. The molecule has 0 bridgehead atoms. The molecular formula is C21H13ClN2S. The predicted octanol–water partition coefficient (Wildman–Crippen LogP) is 6.54. The molecule has 4 heteroatoms. The van der Waals surface area contributed by atoms with Gasteiger partial charge in [0, 0.05) is 16.1 Å². The van der Waals surface area contributed by atoms with Crippen LogP contribution in [-0.4, -0.2) is 9.38 Å². The summed E-state index contributed by atoms with van der Waals surface area (Å²) in [6.45, 7) is 0. The summed E-state index contributed by atoms with van der Waals surface area (Å²) < 4.78 is 3.39. The summed E-state index contributed by atoms with van der Waals surface area (Å²) in [6, 6.07) is 26.8. The van der Waals surface area contributed by atoms with E-state index in [0.29, 0.717) is 0 Å². The fourth-order valence-corrected chi connectivity index (χ4v) is 4.51. The molecule has 0 saturated heterocycles. The SMILES string of the molecule is Clc1ccc2c(c1)sc1nc(-c3ccccc3)c(-c3ccccc3)n12. The Balaban J connectivity index is 1.92. The molecular weight excluding hydrogens is 348 g/mol. The van der Waals surface area contributed by atoms with Crippen molar-refractivity contribution in [1.82, 2.24) is 9.38 Å². The highest BCUT2D eigenvalue weighted by Gasteiger charge is 2.19. The molecule has 120 valence electrons. The largest absolute Gasteiger partial charge is 0.282 e. The van der Waals surface area contributed by atoms with Gasteiger partial charge in [-0.2, -0.15) is 0 Å². The minimum atomic E-state index is 0.751. The van der Waals surface area contributed by atoms with Gasteiger partial charge in [0.1, 0.15) is 0 Å². The lowest BCUT2D eigenvalue weighted by Gasteiger charge is -2.06. The first-order chi connectivity index (χ1) is 12.3. The monoisotopic (exact) mass is 360 g/mol. The molecule has 0 fully saturated rings. The van der Waals surface area contributed by atoms with E-state index < -0.39 is 0 Å². The lowest BCUT2D eigenvalue weighted by molar-refractivity contribution is 1.30. The van der Waals surface area contributed by atoms with Crippen LogP contribution in [0.3, 0.4) is 0 Å². The van der Waals surface area contributed by atoms with E-state index in [2.05, 4.69) is 59.0 Å². The van der Waals surface area contributed by atoms with Gasteiger partial charge >= 0.3 is 0 Å². The lowest BCUT2D eigenvalue weighted by Crippen LogP contribution is -1.88. The Hall–Kier alpha value is -2.62. The van der Waals surface area contributed by atoms with Gasteiger partial charge in [-0.25, -0.2) is 4.98 Å². The van der Waals surface area contributed by atoms with Gasteiger partial charge in [-0.05, 0) is 18.2 Å². The van der Waals surface area contributed by atoms with Crippen LogP contribution in [0.1, 0.15) is 0 Å². The average Bonchev–Trinajstić information content (AvgIpc) is 3.18. The smallest absolute Gasteiger partial charge is 0.195 e. The molecule has 25 heavy (non-hydrogen) atoms. The van der Waals surface area contributed by atoms with Gasteiger partial charge in [0.15, 0.2) is 4.96 Å². The van der Waals surface area contributed by atoms with Crippen LogP contribution in [0, 0.1) is 0 Å². The summed E-state index contributed by atoms with van der Waals surface area (Å²) in [5, 5.41) is 0.751. The number of fused-ring (bicyclic) bond motifs is 3. The van der Waals surface area contributed by atoms with Gasteiger partial charge in [-0.1, -0.05) is 83.6 Å². The average molecular weight is 361 g/mol. The first-order valence-corrected chi connectivity index (χ1v) is 9.22. The van der Waals surface area contributed by atoms with E-state index in [0.717, 1.165) is 42.7 Å². The summed E-state index contributed by atoms with van der Waals surface area (Å²) in [6.07, 6.45) is 0. The standard InChI is InChI=1S/C21H13ClN2S/c22-16-11-12-17-18(13-16)25-21-23-19(14-7-3-1-4-8-14)20(24(17)21)15-9-5-2-6-10-15/h1-13H. The number of imidazole rings is 1. The highest BCUT2D eigenvalue weighted by molar-refractivity contribution is 7.23. The number of hydrogen-bond donors (Lipinski definition) is 0. The first-order valence-electron chi connectivity index (χ1n) is 8.02. The van der Waals surface area contributed by atoms with Gasteiger partial charge in [0.2, 0.25) is 0 Å². The summed E-state index contributed by atoms with van der Waals surface area (Å²) in [5.74, 6) is 0. The van der Waals surface area contributed by atoms with E-state index in [4.69, 9.17) is 16.6 Å². The third-order valence-corrected chi connectivity index (χ3v) is 5.54. The third-order valence-electron chi connectivity index (χ3n) is 4.31. The molecule has 3 aromatic carbocycles. The summed E-state index contributed by atoms with van der Waals surface area (Å²) in [5.41, 5.74) is 5.55. The van der Waals surface area contributed by atoms with Crippen LogP contribution >= 0.6 is 22.9 Å². The Labute approximate surface area is 154 Å². The molecule has 2 heterocycles. The van der Waals surface area contributed by atoms with Crippen molar-refractivity contribution in [2.75, 3.05) is 0 Å². The van der Waals surface area contributed by atoms with Gasteiger partial charge in [-0.15, -0.1) is 0 Å². The summed E-state index contributed by atoms with van der Waals surface area (Å²) in [7, 11) is 0. The Morgan fingerprint density at radius 2 is 1.48 bits per heavy atom. The molecule has 0 amide bonds. The number of nitrogens with zero attached hydrogens (tertiary/aromatic N) is 2. The van der Waals surface area contributed by atoms with Crippen molar-refractivity contribution in [2.24, 2.45) is 0 Å². The topological polar surface area (TPSA) is 17.3 Å². The second kappa shape index (κ2) is 5.73. The Kier molecular flexibility index (Phi) is 3.37. The van der Waals surface area contributed by atoms with Crippen molar-refractivity contribution in [3.8, 4) is 22.5 Å². The molecule has 2 nitrogen and oxygen atoms in total. The molecule has 2 aromatic heterocycles. The molecule has 0 aliphatic carbocycles. The number of thiazole rings is 1. The zero-order valence-electron chi connectivity index (χ0n) is 13.2. The van der Waals surface area contributed by atoms with E-state index in [9.17, 15) is 0 Å². The van der Waals surface area contributed by atoms with E-state index in [1.807, 2.05) is 24.3 Å². The molecule has 0 aliphatic rings. The fraction of sp³-hybridized carbons (Fsp3) is 0. The Morgan fingerprint density at radius 1 is 0.800 bits per heavy atom. The molecule has 0 spiro atoms. The van der Waals surface area contributed by atoms with Gasteiger partial charge < -0.3 is 0 Å². The number of benzene rings is 3. The van der Waals surface area contributed by atoms with Crippen molar-refractivity contribution in [1.29, 1.82) is 0 Å². The highest BCUT2D eigenvalue weighted by atomic mass is 35.5. The second-order valence-electron chi connectivity index (χ2n) is 5.87. The molecule has 0 unspecified atom stereocenters. The quantitative estimate of drug-likeness (QED) is 0.349. The van der Waals surface area contributed by atoms with Gasteiger partial charge in [-0.3, -0.25) is 4.40 Å². The molecule has 0 atom stereocenters. The maximum Gasteiger partial charge on any atom is 0.195 e. The fourth-order valence-electron chi connectivity index (χ4n) is 3.20. The molecule has 0 N–H and O–H groups in total. The van der Waals surface area contributed by atoms with Crippen molar-refractivity contribution in [3.63, 3.8) is 0 Å². The van der Waals surface area contributed by atoms with Crippen LogP contribution < -0.4 is 0 Å². The number of aromatic nitrogens is 2. The maximum atomic E-state index is 6.17. The van der Waals surface area contributed by atoms with E-state index in [1.165, 1.54) is 0 Å². The van der Waals surface area contributed by atoms with Crippen LogP contribution in [0.25, 0.3) is 37.7 Å². The van der Waals surface area contributed by atoms with Crippen molar-refractivity contribution in [2.45, 2.75) is 0 Å². The van der Waals surface area contributed by atoms with Gasteiger partial charge in [0.25, 0.3) is 0 Å². The van der Waals surface area contributed by atoms with Crippen molar-refractivity contribution >= 4 is 38.1 Å². The minimum Gasteiger partial charge on any atom is -0.282 e. The first kappa shape index (κ1) is 14.7. The van der Waals surface area contributed by atoms with Crippen LogP contribution in [0.4, 0.5) is 0 Å².